The number of anilines is 1. The van der Waals surface area contributed by atoms with E-state index >= 15 is 0 Å². The van der Waals surface area contributed by atoms with Crippen LogP contribution in [-0.2, 0) is 0 Å². The molecule has 0 fully saturated rings. The van der Waals surface area contributed by atoms with Crippen molar-refractivity contribution in [2.24, 2.45) is 0 Å². The number of hydrogen-bond donors (Lipinski definition) is 2. The SMILES string of the molecule is CCNc1nccc(C(=O)NCC(C)N(C)C)c1F. The van der Waals surface area contributed by atoms with Gasteiger partial charge in [-0.05, 0) is 34.0 Å². The molecule has 5 nitrogen and oxygen atoms in total. The number of nitrogens with one attached hydrogen (secondary N) is 2. The van der Waals surface area contributed by atoms with E-state index in [4.69, 9.17) is 0 Å². The summed E-state index contributed by atoms with van der Waals surface area (Å²) < 4.78 is 14.0. The predicted octanol–water partition coefficient (Wildman–Crippen LogP) is 1.33. The molecule has 0 radical (unpaired) electrons. The number of carbonyl (C=O) groups excluding carboxylic acids is 1. The molecule has 0 saturated carbocycles. The van der Waals surface area contributed by atoms with E-state index in [-0.39, 0.29) is 17.4 Å². The van der Waals surface area contributed by atoms with Crippen LogP contribution in [0.5, 0.6) is 0 Å². The number of amides is 1. The summed E-state index contributed by atoms with van der Waals surface area (Å²) >= 11 is 0. The maximum Gasteiger partial charge on any atom is 0.254 e. The Labute approximate surface area is 113 Å². The summed E-state index contributed by atoms with van der Waals surface area (Å²) in [5, 5.41) is 5.49. The molecule has 1 unspecified atom stereocenters. The van der Waals surface area contributed by atoms with E-state index in [1.807, 2.05) is 32.8 Å². The van der Waals surface area contributed by atoms with Crippen LogP contribution < -0.4 is 10.6 Å². The molecular formula is C13H21FN4O. The summed E-state index contributed by atoms with van der Waals surface area (Å²) in [6.07, 6.45) is 1.42. The molecule has 0 aliphatic rings. The Kier molecular flexibility index (Phi) is 5.69. The predicted molar refractivity (Wildman–Crippen MR) is 73.8 cm³/mol. The minimum atomic E-state index is -0.612. The number of aromatic nitrogens is 1. The minimum Gasteiger partial charge on any atom is -0.368 e. The average Bonchev–Trinajstić information content (AvgIpc) is 2.38. The van der Waals surface area contributed by atoms with Gasteiger partial charge in [0.05, 0.1) is 5.56 Å². The lowest BCUT2D eigenvalue weighted by atomic mass is 10.2. The van der Waals surface area contributed by atoms with Crippen molar-refractivity contribution in [2.45, 2.75) is 19.9 Å². The third-order valence-corrected chi connectivity index (χ3v) is 2.92. The van der Waals surface area contributed by atoms with E-state index in [0.29, 0.717) is 13.1 Å². The lowest BCUT2D eigenvalue weighted by Gasteiger charge is -2.20. The molecule has 1 aromatic rings. The lowest BCUT2D eigenvalue weighted by Crippen LogP contribution is -2.38. The van der Waals surface area contributed by atoms with Crippen molar-refractivity contribution in [1.29, 1.82) is 0 Å². The quantitative estimate of drug-likeness (QED) is 0.817. The standard InChI is InChI=1S/C13H21FN4O/c1-5-15-12-11(14)10(6-7-16-12)13(19)17-8-9(2)18(3)4/h6-7,9H,5,8H2,1-4H3,(H,15,16)(H,17,19). The molecule has 0 aliphatic heterocycles. The van der Waals surface area contributed by atoms with Crippen molar-refractivity contribution < 1.29 is 9.18 Å². The van der Waals surface area contributed by atoms with Crippen LogP contribution in [0.3, 0.4) is 0 Å². The van der Waals surface area contributed by atoms with Crippen LogP contribution in [0.1, 0.15) is 24.2 Å². The first-order valence-electron chi connectivity index (χ1n) is 6.30. The second kappa shape index (κ2) is 7.04. The fourth-order valence-electron chi connectivity index (χ4n) is 1.43. The summed E-state index contributed by atoms with van der Waals surface area (Å²) in [4.78, 5) is 17.8. The highest BCUT2D eigenvalue weighted by Crippen LogP contribution is 2.14. The van der Waals surface area contributed by atoms with Gasteiger partial charge in [0.15, 0.2) is 11.6 Å². The molecule has 0 spiro atoms. The summed E-state index contributed by atoms with van der Waals surface area (Å²) in [7, 11) is 3.85. The number of likely N-dealkylation sites (N-methyl/N-ethyl adjacent to an activating group) is 1. The van der Waals surface area contributed by atoms with Crippen LogP contribution in [-0.4, -0.2) is 49.0 Å². The van der Waals surface area contributed by atoms with Crippen molar-refractivity contribution in [2.75, 3.05) is 32.5 Å². The van der Waals surface area contributed by atoms with Crippen LogP contribution in [0.4, 0.5) is 10.2 Å². The normalized spacial score (nSPS) is 12.3. The van der Waals surface area contributed by atoms with Gasteiger partial charge in [0.25, 0.3) is 5.91 Å². The van der Waals surface area contributed by atoms with Crippen molar-refractivity contribution >= 4 is 11.7 Å². The molecule has 0 aromatic carbocycles. The third kappa shape index (κ3) is 4.17. The first-order valence-corrected chi connectivity index (χ1v) is 6.30. The van der Waals surface area contributed by atoms with E-state index in [0.717, 1.165) is 0 Å². The van der Waals surface area contributed by atoms with Crippen LogP contribution >= 0.6 is 0 Å². The van der Waals surface area contributed by atoms with Gasteiger partial charge < -0.3 is 15.5 Å². The van der Waals surface area contributed by atoms with Gasteiger partial charge >= 0.3 is 0 Å². The Bertz CT molecular complexity index is 437. The monoisotopic (exact) mass is 268 g/mol. The topological polar surface area (TPSA) is 57.3 Å². The Morgan fingerprint density at radius 2 is 2.21 bits per heavy atom. The number of carbonyl (C=O) groups is 1. The third-order valence-electron chi connectivity index (χ3n) is 2.92. The fourth-order valence-corrected chi connectivity index (χ4v) is 1.43. The van der Waals surface area contributed by atoms with E-state index in [1.165, 1.54) is 12.3 Å². The van der Waals surface area contributed by atoms with Crippen LogP contribution in [0.2, 0.25) is 0 Å². The van der Waals surface area contributed by atoms with Crippen LogP contribution in [0, 0.1) is 5.82 Å². The van der Waals surface area contributed by atoms with E-state index in [2.05, 4.69) is 15.6 Å². The number of pyridine rings is 1. The number of rotatable bonds is 6. The van der Waals surface area contributed by atoms with Crippen molar-refractivity contribution in [1.82, 2.24) is 15.2 Å². The molecule has 106 valence electrons. The molecule has 0 aliphatic carbocycles. The highest BCUT2D eigenvalue weighted by Gasteiger charge is 2.16. The summed E-state index contributed by atoms with van der Waals surface area (Å²) in [5.74, 6) is -0.928. The van der Waals surface area contributed by atoms with Gasteiger partial charge in [-0.25, -0.2) is 9.37 Å². The maximum atomic E-state index is 14.0. The molecule has 1 aromatic heterocycles. The Morgan fingerprint density at radius 3 is 2.79 bits per heavy atom. The summed E-state index contributed by atoms with van der Waals surface area (Å²) in [6.45, 7) is 4.83. The number of nitrogens with zero attached hydrogens (tertiary/aromatic N) is 2. The Morgan fingerprint density at radius 1 is 1.53 bits per heavy atom. The highest BCUT2D eigenvalue weighted by molar-refractivity contribution is 5.95. The summed E-state index contributed by atoms with van der Waals surface area (Å²) in [6, 6.07) is 1.56. The van der Waals surface area contributed by atoms with Crippen molar-refractivity contribution in [3.8, 4) is 0 Å². The second-order valence-electron chi connectivity index (χ2n) is 4.57. The van der Waals surface area contributed by atoms with E-state index in [1.54, 1.807) is 0 Å². The van der Waals surface area contributed by atoms with Gasteiger partial charge in [-0.15, -0.1) is 0 Å². The zero-order valence-corrected chi connectivity index (χ0v) is 11.8. The summed E-state index contributed by atoms with van der Waals surface area (Å²) in [5.41, 5.74) is 0.0110. The van der Waals surface area contributed by atoms with Crippen molar-refractivity contribution in [3.05, 3.63) is 23.6 Å². The van der Waals surface area contributed by atoms with Gasteiger partial charge in [-0.3, -0.25) is 4.79 Å². The molecule has 0 saturated heterocycles. The first-order chi connectivity index (χ1) is 8.97. The Balaban J connectivity index is 2.74. The van der Waals surface area contributed by atoms with Gasteiger partial charge in [-0.1, -0.05) is 0 Å². The molecule has 1 heterocycles. The average molecular weight is 268 g/mol. The van der Waals surface area contributed by atoms with E-state index < -0.39 is 11.7 Å². The zero-order valence-electron chi connectivity index (χ0n) is 11.8. The molecular weight excluding hydrogens is 247 g/mol. The molecule has 6 heteroatoms. The molecule has 1 atom stereocenters. The molecule has 1 rings (SSSR count). The number of halogens is 1. The molecule has 2 N–H and O–H groups in total. The maximum absolute atomic E-state index is 14.0. The smallest absolute Gasteiger partial charge is 0.254 e. The van der Waals surface area contributed by atoms with Crippen molar-refractivity contribution in [3.63, 3.8) is 0 Å². The van der Waals surface area contributed by atoms with Crippen LogP contribution in [0.15, 0.2) is 12.3 Å². The zero-order chi connectivity index (χ0) is 14.4. The number of hydrogen-bond acceptors (Lipinski definition) is 4. The minimum absolute atomic E-state index is 0.0110. The van der Waals surface area contributed by atoms with Gasteiger partial charge in [0, 0.05) is 25.3 Å². The molecule has 1 amide bonds. The van der Waals surface area contributed by atoms with Gasteiger partial charge in [-0.2, -0.15) is 0 Å². The molecule has 0 bridgehead atoms. The molecule has 19 heavy (non-hydrogen) atoms. The lowest BCUT2D eigenvalue weighted by molar-refractivity contribution is 0.0939. The van der Waals surface area contributed by atoms with Crippen LogP contribution in [0.25, 0.3) is 0 Å². The first kappa shape index (κ1) is 15.4. The van der Waals surface area contributed by atoms with Gasteiger partial charge in [0.2, 0.25) is 0 Å². The fraction of sp³-hybridized carbons (Fsp3) is 0.538. The van der Waals surface area contributed by atoms with Gasteiger partial charge in [0.1, 0.15) is 0 Å². The van der Waals surface area contributed by atoms with E-state index in [9.17, 15) is 9.18 Å². The Hall–Kier alpha value is -1.69. The highest BCUT2D eigenvalue weighted by atomic mass is 19.1. The second-order valence-corrected chi connectivity index (χ2v) is 4.57. The largest absolute Gasteiger partial charge is 0.368 e.